The number of hydrogen-bond donors (Lipinski definition) is 2. The third-order valence-electron chi connectivity index (χ3n) is 2.92. The Morgan fingerprint density at radius 3 is 2.57 bits per heavy atom. The molecule has 6 heteroatoms. The second-order valence-corrected chi connectivity index (χ2v) is 5.61. The lowest BCUT2D eigenvalue weighted by Crippen LogP contribution is -2.15. The van der Waals surface area contributed by atoms with E-state index in [1.54, 1.807) is 0 Å². The van der Waals surface area contributed by atoms with Crippen LogP contribution in [0.1, 0.15) is 32.0 Å². The van der Waals surface area contributed by atoms with E-state index in [1.807, 2.05) is 18.2 Å². The molecule has 0 aliphatic rings. The Morgan fingerprint density at radius 1 is 1.24 bits per heavy atom. The molecule has 0 saturated heterocycles. The van der Waals surface area contributed by atoms with Crippen molar-refractivity contribution < 1.29 is 9.94 Å². The third-order valence-corrected chi connectivity index (χ3v) is 2.92. The van der Waals surface area contributed by atoms with Gasteiger partial charge < -0.3 is 15.7 Å². The largest absolute Gasteiger partial charge is 0.437 e. The second-order valence-electron chi connectivity index (χ2n) is 5.61. The lowest BCUT2D eigenvalue weighted by molar-refractivity contribution is 0.318. The van der Waals surface area contributed by atoms with Gasteiger partial charge in [0.15, 0.2) is 5.84 Å². The van der Waals surface area contributed by atoms with Crippen LogP contribution >= 0.6 is 0 Å². The summed E-state index contributed by atoms with van der Waals surface area (Å²) in [5.41, 5.74) is 6.92. The first-order valence-corrected chi connectivity index (χ1v) is 6.48. The number of aromatic nitrogens is 2. The number of nitrogens with two attached hydrogens (primary N) is 1. The number of amidine groups is 1. The lowest BCUT2D eigenvalue weighted by Gasteiger charge is -2.19. The van der Waals surface area contributed by atoms with Crippen LogP contribution in [-0.2, 0) is 5.41 Å². The van der Waals surface area contributed by atoms with Gasteiger partial charge in [0.05, 0.1) is 12.4 Å². The molecule has 1 heterocycles. The predicted octanol–water partition coefficient (Wildman–Crippen LogP) is 2.66. The fourth-order valence-electron chi connectivity index (χ4n) is 1.70. The van der Waals surface area contributed by atoms with Crippen molar-refractivity contribution in [1.82, 2.24) is 9.97 Å². The van der Waals surface area contributed by atoms with Crippen molar-refractivity contribution in [2.45, 2.75) is 26.2 Å². The normalized spacial score (nSPS) is 12.2. The van der Waals surface area contributed by atoms with Gasteiger partial charge in [-0.05, 0) is 23.1 Å². The molecule has 0 radical (unpaired) electrons. The van der Waals surface area contributed by atoms with Crippen LogP contribution < -0.4 is 10.5 Å². The van der Waals surface area contributed by atoms with Crippen LogP contribution in [0.15, 0.2) is 41.8 Å². The minimum absolute atomic E-state index is 0.0426. The van der Waals surface area contributed by atoms with Gasteiger partial charge in [0.2, 0.25) is 5.88 Å². The molecule has 0 spiro atoms. The van der Waals surface area contributed by atoms with Crippen LogP contribution in [0.2, 0.25) is 0 Å². The topological polar surface area (TPSA) is 93.6 Å². The highest BCUT2D eigenvalue weighted by atomic mass is 16.5. The molecule has 1 aromatic heterocycles. The average molecular weight is 286 g/mol. The smallest absolute Gasteiger partial charge is 0.237 e. The van der Waals surface area contributed by atoms with Crippen LogP contribution in [0.3, 0.4) is 0 Å². The zero-order valence-electron chi connectivity index (χ0n) is 12.2. The summed E-state index contributed by atoms with van der Waals surface area (Å²) in [6.45, 7) is 6.41. The summed E-state index contributed by atoms with van der Waals surface area (Å²) in [5.74, 6) is 0.938. The van der Waals surface area contributed by atoms with E-state index in [0.717, 1.165) is 0 Å². The summed E-state index contributed by atoms with van der Waals surface area (Å²) in [4.78, 5) is 8.09. The molecular weight excluding hydrogens is 268 g/mol. The second kappa shape index (κ2) is 5.78. The number of oxime groups is 1. The maximum absolute atomic E-state index is 8.56. The molecule has 1 aromatic carbocycles. The zero-order chi connectivity index (χ0) is 15.5. The Balaban J connectivity index is 2.19. The highest BCUT2D eigenvalue weighted by Gasteiger charge is 2.14. The SMILES string of the molecule is CC(C)(C)c1cccc(Oc2cnc(C(N)=NO)cn2)c1. The van der Waals surface area contributed by atoms with E-state index in [4.69, 9.17) is 15.7 Å². The first-order valence-electron chi connectivity index (χ1n) is 6.48. The Kier molecular flexibility index (Phi) is 4.07. The Bertz CT molecular complexity index is 645. The molecule has 2 aromatic rings. The van der Waals surface area contributed by atoms with Crippen LogP contribution in [0.4, 0.5) is 0 Å². The monoisotopic (exact) mass is 286 g/mol. The maximum atomic E-state index is 8.56. The third kappa shape index (κ3) is 3.68. The number of ether oxygens (including phenoxy) is 1. The summed E-state index contributed by atoms with van der Waals surface area (Å²) >= 11 is 0. The summed E-state index contributed by atoms with van der Waals surface area (Å²) in [7, 11) is 0. The van der Waals surface area contributed by atoms with Crippen molar-refractivity contribution >= 4 is 5.84 Å². The average Bonchev–Trinajstić information content (AvgIpc) is 2.47. The fraction of sp³-hybridized carbons (Fsp3) is 0.267. The summed E-state index contributed by atoms with van der Waals surface area (Å²) in [6, 6.07) is 7.82. The van der Waals surface area contributed by atoms with E-state index >= 15 is 0 Å². The van der Waals surface area contributed by atoms with Crippen molar-refractivity contribution in [3.63, 3.8) is 0 Å². The standard InChI is InChI=1S/C15H18N4O2/c1-15(2,3)10-5-4-6-11(7-10)21-13-9-17-12(8-18-13)14(16)19-20/h4-9,20H,1-3H3,(H2,16,19). The van der Waals surface area contributed by atoms with Gasteiger partial charge in [-0.3, -0.25) is 0 Å². The summed E-state index contributed by atoms with van der Waals surface area (Å²) in [6.07, 6.45) is 2.81. The van der Waals surface area contributed by atoms with E-state index in [0.29, 0.717) is 11.6 Å². The highest BCUT2D eigenvalue weighted by molar-refractivity contribution is 5.94. The Labute approximate surface area is 123 Å². The minimum Gasteiger partial charge on any atom is -0.437 e. The molecule has 0 aliphatic carbocycles. The van der Waals surface area contributed by atoms with Crippen LogP contribution in [0, 0.1) is 0 Å². The van der Waals surface area contributed by atoms with E-state index in [1.165, 1.54) is 18.0 Å². The maximum Gasteiger partial charge on any atom is 0.237 e. The molecule has 0 fully saturated rings. The molecule has 0 amide bonds. The molecule has 0 saturated carbocycles. The molecule has 2 rings (SSSR count). The van der Waals surface area contributed by atoms with Gasteiger partial charge in [-0.2, -0.15) is 0 Å². The summed E-state index contributed by atoms with van der Waals surface area (Å²) in [5, 5.41) is 11.4. The quantitative estimate of drug-likeness (QED) is 0.391. The van der Waals surface area contributed by atoms with E-state index < -0.39 is 0 Å². The predicted molar refractivity (Wildman–Crippen MR) is 79.8 cm³/mol. The van der Waals surface area contributed by atoms with Gasteiger partial charge in [0.1, 0.15) is 11.4 Å². The molecule has 21 heavy (non-hydrogen) atoms. The number of rotatable bonds is 3. The van der Waals surface area contributed by atoms with Crippen LogP contribution in [0.25, 0.3) is 0 Å². The molecule has 0 bridgehead atoms. The van der Waals surface area contributed by atoms with Gasteiger partial charge in [0.25, 0.3) is 0 Å². The van der Waals surface area contributed by atoms with Gasteiger partial charge in [-0.1, -0.05) is 38.1 Å². The van der Waals surface area contributed by atoms with Gasteiger partial charge >= 0.3 is 0 Å². The molecule has 0 aliphatic heterocycles. The van der Waals surface area contributed by atoms with E-state index in [9.17, 15) is 0 Å². The molecule has 6 nitrogen and oxygen atoms in total. The van der Waals surface area contributed by atoms with Crippen molar-refractivity contribution in [2.24, 2.45) is 10.9 Å². The molecule has 110 valence electrons. The number of nitrogens with zero attached hydrogens (tertiary/aromatic N) is 3. The number of benzene rings is 1. The van der Waals surface area contributed by atoms with Crippen LogP contribution in [0.5, 0.6) is 11.6 Å². The molecular formula is C15H18N4O2. The van der Waals surface area contributed by atoms with Gasteiger partial charge in [-0.15, -0.1) is 0 Å². The minimum atomic E-state index is -0.0937. The molecule has 0 atom stereocenters. The van der Waals surface area contributed by atoms with Gasteiger partial charge in [0, 0.05) is 0 Å². The first kappa shape index (κ1) is 14.8. The Morgan fingerprint density at radius 2 is 2.00 bits per heavy atom. The van der Waals surface area contributed by atoms with Crippen molar-refractivity contribution in [3.8, 4) is 11.6 Å². The first-order chi connectivity index (χ1) is 9.90. The van der Waals surface area contributed by atoms with Crippen molar-refractivity contribution in [1.29, 1.82) is 0 Å². The van der Waals surface area contributed by atoms with E-state index in [-0.39, 0.29) is 16.9 Å². The highest BCUT2D eigenvalue weighted by Crippen LogP contribution is 2.27. The van der Waals surface area contributed by atoms with E-state index in [2.05, 4.69) is 42.0 Å². The zero-order valence-corrected chi connectivity index (χ0v) is 12.2. The lowest BCUT2D eigenvalue weighted by atomic mass is 9.87. The number of hydrogen-bond acceptors (Lipinski definition) is 5. The van der Waals surface area contributed by atoms with Crippen molar-refractivity contribution in [2.75, 3.05) is 0 Å². The Hall–Kier alpha value is -2.63. The van der Waals surface area contributed by atoms with Crippen LogP contribution in [-0.4, -0.2) is 21.0 Å². The summed E-state index contributed by atoms with van der Waals surface area (Å²) < 4.78 is 5.67. The fourth-order valence-corrected chi connectivity index (χ4v) is 1.70. The molecule has 0 unspecified atom stereocenters. The van der Waals surface area contributed by atoms with Crippen molar-refractivity contribution in [3.05, 3.63) is 47.9 Å². The molecule has 3 N–H and O–H groups in total. The van der Waals surface area contributed by atoms with Gasteiger partial charge in [-0.25, -0.2) is 9.97 Å².